The zero-order chi connectivity index (χ0) is 17.6. The van der Waals surface area contributed by atoms with E-state index in [4.69, 9.17) is 4.74 Å². The van der Waals surface area contributed by atoms with Gasteiger partial charge in [0.1, 0.15) is 11.6 Å². The predicted molar refractivity (Wildman–Crippen MR) is 98.7 cm³/mol. The number of hydrogen-bond acceptors (Lipinski definition) is 4. The van der Waals surface area contributed by atoms with Gasteiger partial charge in [0, 0.05) is 31.0 Å². The third-order valence-corrected chi connectivity index (χ3v) is 5.15. The molecule has 5 nitrogen and oxygen atoms in total. The van der Waals surface area contributed by atoms with Crippen molar-refractivity contribution in [2.75, 3.05) is 7.11 Å². The van der Waals surface area contributed by atoms with Crippen molar-refractivity contribution in [1.29, 1.82) is 0 Å². The average Bonchev–Trinajstić information content (AvgIpc) is 3.03. The molecule has 1 fully saturated rings. The first-order valence-corrected chi connectivity index (χ1v) is 9.23. The van der Waals surface area contributed by atoms with Gasteiger partial charge >= 0.3 is 0 Å². The van der Waals surface area contributed by atoms with E-state index in [1.165, 1.54) is 0 Å². The van der Waals surface area contributed by atoms with Crippen LogP contribution in [0.25, 0.3) is 0 Å². The Bertz CT molecular complexity index is 660. The van der Waals surface area contributed by atoms with Gasteiger partial charge in [0.15, 0.2) is 0 Å². The van der Waals surface area contributed by atoms with Gasteiger partial charge < -0.3 is 19.7 Å². The standard InChI is InChI=1S/C20H29N3O2/c1-23-14-13-21-20(23)19(17-11-3-4-12-18(17)25-2)22-15-7-5-9-16(24)10-6-8-15/h3-4,11-16,19,22,24H,5-10H2,1-2H3. The highest BCUT2D eigenvalue weighted by molar-refractivity contribution is 5.39. The van der Waals surface area contributed by atoms with Crippen LogP contribution in [0.2, 0.25) is 0 Å². The fraction of sp³-hybridized carbons (Fsp3) is 0.550. The van der Waals surface area contributed by atoms with Crippen molar-refractivity contribution >= 4 is 0 Å². The fourth-order valence-corrected chi connectivity index (χ4v) is 3.75. The first kappa shape index (κ1) is 18.0. The zero-order valence-electron chi connectivity index (χ0n) is 15.2. The zero-order valence-corrected chi connectivity index (χ0v) is 15.2. The van der Waals surface area contributed by atoms with Gasteiger partial charge in [-0.15, -0.1) is 0 Å². The van der Waals surface area contributed by atoms with Crippen LogP contribution in [0.1, 0.15) is 56.0 Å². The summed E-state index contributed by atoms with van der Waals surface area (Å²) in [5, 5.41) is 13.7. The van der Waals surface area contributed by atoms with E-state index in [9.17, 15) is 5.11 Å². The fourth-order valence-electron chi connectivity index (χ4n) is 3.75. The predicted octanol–water partition coefficient (Wildman–Crippen LogP) is 3.19. The van der Waals surface area contributed by atoms with Crippen LogP contribution >= 0.6 is 0 Å². The number of ether oxygens (including phenoxy) is 1. The third kappa shape index (κ3) is 4.41. The van der Waals surface area contributed by atoms with Crippen molar-refractivity contribution in [2.24, 2.45) is 7.05 Å². The van der Waals surface area contributed by atoms with Gasteiger partial charge in [0.25, 0.3) is 0 Å². The van der Waals surface area contributed by atoms with Gasteiger partial charge in [0.05, 0.1) is 19.3 Å². The van der Waals surface area contributed by atoms with Crippen LogP contribution in [0.5, 0.6) is 5.75 Å². The monoisotopic (exact) mass is 343 g/mol. The van der Waals surface area contributed by atoms with Gasteiger partial charge in [-0.25, -0.2) is 4.98 Å². The number of hydrogen-bond donors (Lipinski definition) is 2. The van der Waals surface area contributed by atoms with Crippen molar-refractivity contribution < 1.29 is 9.84 Å². The van der Waals surface area contributed by atoms with Gasteiger partial charge in [-0.05, 0) is 44.6 Å². The van der Waals surface area contributed by atoms with Gasteiger partial charge in [-0.3, -0.25) is 0 Å². The summed E-state index contributed by atoms with van der Waals surface area (Å²) < 4.78 is 7.67. The van der Waals surface area contributed by atoms with Crippen LogP contribution in [0.3, 0.4) is 0 Å². The maximum absolute atomic E-state index is 9.86. The van der Waals surface area contributed by atoms with Crippen molar-refractivity contribution in [2.45, 2.75) is 56.7 Å². The number of benzene rings is 1. The van der Waals surface area contributed by atoms with E-state index in [1.807, 2.05) is 37.6 Å². The second-order valence-electron chi connectivity index (χ2n) is 6.95. The number of aliphatic hydroxyl groups excluding tert-OH is 1. The lowest BCUT2D eigenvalue weighted by Crippen LogP contribution is -2.36. The topological polar surface area (TPSA) is 59.3 Å². The molecule has 1 heterocycles. The molecule has 1 saturated carbocycles. The maximum atomic E-state index is 9.86. The lowest BCUT2D eigenvalue weighted by molar-refractivity contribution is 0.136. The van der Waals surface area contributed by atoms with E-state index < -0.39 is 0 Å². The molecular formula is C20H29N3O2. The maximum Gasteiger partial charge on any atom is 0.130 e. The molecule has 1 aromatic carbocycles. The van der Waals surface area contributed by atoms with E-state index in [0.717, 1.165) is 55.7 Å². The van der Waals surface area contributed by atoms with E-state index in [2.05, 4.69) is 20.9 Å². The number of methoxy groups -OCH3 is 1. The molecule has 1 atom stereocenters. The second-order valence-corrected chi connectivity index (χ2v) is 6.95. The number of aryl methyl sites for hydroxylation is 1. The normalized spacial score (nSPS) is 22.8. The van der Waals surface area contributed by atoms with Gasteiger partial charge in [-0.1, -0.05) is 18.2 Å². The van der Waals surface area contributed by atoms with Crippen LogP contribution in [-0.4, -0.2) is 33.9 Å². The Morgan fingerprint density at radius 3 is 2.56 bits per heavy atom. The molecule has 25 heavy (non-hydrogen) atoms. The SMILES string of the molecule is COc1ccccc1C(NC1CCCC(O)CCC1)c1nccn1C. The summed E-state index contributed by atoms with van der Waals surface area (Å²) in [7, 11) is 3.74. The molecule has 5 heteroatoms. The summed E-state index contributed by atoms with van der Waals surface area (Å²) in [6, 6.07) is 8.56. The third-order valence-electron chi connectivity index (χ3n) is 5.15. The molecule has 1 aliphatic carbocycles. The number of aliphatic hydroxyl groups is 1. The first-order valence-electron chi connectivity index (χ1n) is 9.23. The number of para-hydroxylation sites is 1. The Hall–Kier alpha value is -1.85. The molecule has 1 unspecified atom stereocenters. The highest BCUT2D eigenvalue weighted by Gasteiger charge is 2.25. The van der Waals surface area contributed by atoms with E-state index in [0.29, 0.717) is 6.04 Å². The highest BCUT2D eigenvalue weighted by atomic mass is 16.5. The smallest absolute Gasteiger partial charge is 0.130 e. The molecule has 136 valence electrons. The van der Waals surface area contributed by atoms with Crippen LogP contribution < -0.4 is 10.1 Å². The summed E-state index contributed by atoms with van der Waals surface area (Å²) in [5.41, 5.74) is 1.11. The molecule has 0 spiro atoms. The summed E-state index contributed by atoms with van der Waals surface area (Å²) in [5.74, 6) is 1.87. The quantitative estimate of drug-likeness (QED) is 0.875. The second kappa shape index (κ2) is 8.50. The van der Waals surface area contributed by atoms with Crippen molar-refractivity contribution in [3.63, 3.8) is 0 Å². The van der Waals surface area contributed by atoms with E-state index in [1.54, 1.807) is 7.11 Å². The Morgan fingerprint density at radius 2 is 1.92 bits per heavy atom. The number of nitrogens with zero attached hydrogens (tertiary/aromatic N) is 2. The van der Waals surface area contributed by atoms with Crippen LogP contribution in [0.15, 0.2) is 36.7 Å². The highest BCUT2D eigenvalue weighted by Crippen LogP contribution is 2.31. The van der Waals surface area contributed by atoms with Crippen LogP contribution in [0.4, 0.5) is 0 Å². The van der Waals surface area contributed by atoms with E-state index >= 15 is 0 Å². The van der Waals surface area contributed by atoms with Crippen LogP contribution in [-0.2, 0) is 7.05 Å². The molecule has 3 rings (SSSR count). The van der Waals surface area contributed by atoms with E-state index in [-0.39, 0.29) is 12.1 Å². The Balaban J connectivity index is 1.86. The molecule has 0 amide bonds. The summed E-state index contributed by atoms with van der Waals surface area (Å²) in [6.45, 7) is 0. The molecule has 0 radical (unpaired) electrons. The average molecular weight is 343 g/mol. The molecule has 2 aromatic rings. The Morgan fingerprint density at radius 1 is 1.20 bits per heavy atom. The lowest BCUT2D eigenvalue weighted by Gasteiger charge is -2.29. The Kier molecular flexibility index (Phi) is 6.10. The molecule has 0 saturated heterocycles. The van der Waals surface area contributed by atoms with Crippen molar-refractivity contribution in [1.82, 2.24) is 14.9 Å². The minimum atomic E-state index is -0.125. The number of rotatable bonds is 5. The number of imidazole rings is 1. The van der Waals surface area contributed by atoms with Gasteiger partial charge in [-0.2, -0.15) is 0 Å². The van der Waals surface area contributed by atoms with Crippen molar-refractivity contribution in [3.05, 3.63) is 48.0 Å². The number of aromatic nitrogens is 2. The van der Waals surface area contributed by atoms with Crippen LogP contribution in [0, 0.1) is 0 Å². The Labute approximate surface area is 150 Å². The lowest BCUT2D eigenvalue weighted by atomic mass is 9.93. The minimum Gasteiger partial charge on any atom is -0.496 e. The summed E-state index contributed by atoms with van der Waals surface area (Å²) in [4.78, 5) is 4.59. The largest absolute Gasteiger partial charge is 0.496 e. The first-order chi connectivity index (χ1) is 12.2. The van der Waals surface area contributed by atoms with Gasteiger partial charge in [0.2, 0.25) is 0 Å². The molecule has 0 bridgehead atoms. The molecule has 0 aliphatic heterocycles. The molecule has 1 aromatic heterocycles. The minimum absolute atomic E-state index is 0.00880. The summed E-state index contributed by atoms with van der Waals surface area (Å²) >= 11 is 0. The summed E-state index contributed by atoms with van der Waals surface area (Å²) in [6.07, 6.45) is 9.76. The molecule has 1 aliphatic rings. The molecule has 2 N–H and O–H groups in total. The molecular weight excluding hydrogens is 314 g/mol. The van der Waals surface area contributed by atoms with Crippen molar-refractivity contribution in [3.8, 4) is 5.75 Å². The number of nitrogens with one attached hydrogen (secondary N) is 1.